The van der Waals surface area contributed by atoms with E-state index < -0.39 is 5.97 Å². The molecule has 120 valence electrons. The number of nitrogens with one attached hydrogen (secondary N) is 1. The third kappa shape index (κ3) is 5.83. The van der Waals surface area contributed by atoms with Crippen LogP contribution in [0.4, 0.5) is 0 Å². The van der Waals surface area contributed by atoms with Crippen LogP contribution in [-0.2, 0) is 16.1 Å². The van der Waals surface area contributed by atoms with Gasteiger partial charge in [0, 0.05) is 39.3 Å². The van der Waals surface area contributed by atoms with Crippen LogP contribution >= 0.6 is 0 Å². The van der Waals surface area contributed by atoms with Gasteiger partial charge in [-0.15, -0.1) is 0 Å². The lowest BCUT2D eigenvalue weighted by Gasteiger charge is -2.33. The van der Waals surface area contributed by atoms with Gasteiger partial charge >= 0.3 is 5.97 Å². The Hall–Kier alpha value is -1.92. The highest BCUT2D eigenvalue weighted by Gasteiger charge is 2.19. The molecule has 0 aromatic heterocycles. The molecule has 1 heterocycles. The molecule has 6 nitrogen and oxygen atoms in total. The Morgan fingerprint density at radius 3 is 2.32 bits per heavy atom. The summed E-state index contributed by atoms with van der Waals surface area (Å²) >= 11 is 0. The van der Waals surface area contributed by atoms with Crippen molar-refractivity contribution in [2.75, 3.05) is 39.3 Å². The minimum atomic E-state index is -0.761. The van der Waals surface area contributed by atoms with E-state index in [1.807, 2.05) is 30.3 Å². The van der Waals surface area contributed by atoms with Gasteiger partial charge in [0.05, 0.1) is 13.0 Å². The standard InChI is InChI=1S/C16H23N3O3/c20-15(17-12-14-4-2-1-3-5-14)13-19-10-8-18(9-11-19)7-6-16(21)22/h1-5H,6-13H2,(H,17,20)(H,21,22). The predicted molar refractivity (Wildman–Crippen MR) is 83.4 cm³/mol. The molecule has 2 N–H and O–H groups in total. The molecule has 0 spiro atoms. The number of benzene rings is 1. The number of hydrogen-bond donors (Lipinski definition) is 2. The van der Waals surface area contributed by atoms with Crippen LogP contribution < -0.4 is 5.32 Å². The first kappa shape index (κ1) is 16.5. The zero-order valence-electron chi connectivity index (χ0n) is 12.7. The summed E-state index contributed by atoms with van der Waals surface area (Å²) in [6.45, 7) is 4.79. The van der Waals surface area contributed by atoms with Gasteiger partial charge in [-0.2, -0.15) is 0 Å². The number of amides is 1. The monoisotopic (exact) mass is 305 g/mol. The normalized spacial score (nSPS) is 16.4. The summed E-state index contributed by atoms with van der Waals surface area (Å²) in [6.07, 6.45) is 0.178. The molecule has 6 heteroatoms. The second kappa shape index (κ2) is 8.51. The number of rotatable bonds is 7. The van der Waals surface area contributed by atoms with E-state index in [0.717, 1.165) is 31.7 Å². The SMILES string of the molecule is O=C(O)CCN1CCN(CC(=O)NCc2ccccc2)CC1. The van der Waals surface area contributed by atoms with Crippen molar-refractivity contribution < 1.29 is 14.7 Å². The van der Waals surface area contributed by atoms with Crippen LogP contribution in [0.2, 0.25) is 0 Å². The fraction of sp³-hybridized carbons (Fsp3) is 0.500. The van der Waals surface area contributed by atoms with E-state index in [2.05, 4.69) is 15.1 Å². The molecule has 1 aliphatic heterocycles. The Labute approximate surface area is 130 Å². The van der Waals surface area contributed by atoms with Crippen molar-refractivity contribution in [3.8, 4) is 0 Å². The van der Waals surface area contributed by atoms with Crippen molar-refractivity contribution in [2.45, 2.75) is 13.0 Å². The molecule has 0 unspecified atom stereocenters. The van der Waals surface area contributed by atoms with Crippen LogP contribution in [0.1, 0.15) is 12.0 Å². The largest absolute Gasteiger partial charge is 0.481 e. The first-order valence-corrected chi connectivity index (χ1v) is 7.60. The van der Waals surface area contributed by atoms with Crippen molar-refractivity contribution in [3.63, 3.8) is 0 Å². The van der Waals surface area contributed by atoms with Crippen molar-refractivity contribution in [3.05, 3.63) is 35.9 Å². The van der Waals surface area contributed by atoms with Crippen LogP contribution in [-0.4, -0.2) is 66.1 Å². The van der Waals surface area contributed by atoms with Crippen LogP contribution in [0, 0.1) is 0 Å². The molecule has 1 amide bonds. The summed E-state index contributed by atoms with van der Waals surface area (Å²) in [6, 6.07) is 9.84. The molecule has 2 rings (SSSR count). The lowest BCUT2D eigenvalue weighted by Crippen LogP contribution is -2.49. The van der Waals surface area contributed by atoms with Gasteiger partial charge in [0.15, 0.2) is 0 Å². The molecule has 0 radical (unpaired) electrons. The first-order valence-electron chi connectivity index (χ1n) is 7.60. The molecule has 22 heavy (non-hydrogen) atoms. The van der Waals surface area contributed by atoms with E-state index in [-0.39, 0.29) is 12.3 Å². The van der Waals surface area contributed by atoms with Crippen molar-refractivity contribution in [1.29, 1.82) is 0 Å². The minimum Gasteiger partial charge on any atom is -0.481 e. The summed E-state index contributed by atoms with van der Waals surface area (Å²) in [7, 11) is 0. The molecule has 1 aliphatic rings. The highest BCUT2D eigenvalue weighted by Crippen LogP contribution is 2.03. The van der Waals surface area contributed by atoms with Gasteiger partial charge in [0.25, 0.3) is 0 Å². The molecule has 1 aromatic rings. The molecule has 0 atom stereocenters. The topological polar surface area (TPSA) is 72.9 Å². The molecule has 0 saturated carbocycles. The maximum absolute atomic E-state index is 11.9. The lowest BCUT2D eigenvalue weighted by molar-refractivity contribution is -0.137. The average molecular weight is 305 g/mol. The fourth-order valence-corrected chi connectivity index (χ4v) is 2.48. The van der Waals surface area contributed by atoms with Gasteiger partial charge < -0.3 is 15.3 Å². The van der Waals surface area contributed by atoms with E-state index in [1.54, 1.807) is 0 Å². The third-order valence-corrected chi connectivity index (χ3v) is 3.81. The molecular formula is C16H23N3O3. The van der Waals surface area contributed by atoms with E-state index in [4.69, 9.17) is 5.11 Å². The maximum Gasteiger partial charge on any atom is 0.304 e. The molecule has 0 aliphatic carbocycles. The zero-order chi connectivity index (χ0) is 15.8. The summed E-state index contributed by atoms with van der Waals surface area (Å²) in [5.74, 6) is -0.731. The number of aliphatic carboxylic acids is 1. The number of hydrogen-bond acceptors (Lipinski definition) is 4. The number of nitrogens with zero attached hydrogens (tertiary/aromatic N) is 2. The molecule has 1 fully saturated rings. The maximum atomic E-state index is 11.9. The number of piperazine rings is 1. The van der Waals surface area contributed by atoms with Crippen molar-refractivity contribution in [1.82, 2.24) is 15.1 Å². The van der Waals surface area contributed by atoms with E-state index >= 15 is 0 Å². The number of carboxylic acids is 1. The van der Waals surface area contributed by atoms with E-state index in [1.165, 1.54) is 0 Å². The van der Waals surface area contributed by atoms with Crippen LogP contribution in [0.15, 0.2) is 30.3 Å². The van der Waals surface area contributed by atoms with Gasteiger partial charge in [0.2, 0.25) is 5.91 Å². The first-order chi connectivity index (χ1) is 10.6. The van der Waals surface area contributed by atoms with Gasteiger partial charge in [0.1, 0.15) is 0 Å². The number of carbonyl (C=O) groups is 2. The second-order valence-electron chi connectivity index (χ2n) is 5.52. The van der Waals surface area contributed by atoms with Gasteiger partial charge in [-0.3, -0.25) is 14.5 Å². The van der Waals surface area contributed by atoms with Crippen molar-refractivity contribution >= 4 is 11.9 Å². The van der Waals surface area contributed by atoms with Crippen LogP contribution in [0.25, 0.3) is 0 Å². The molecule has 0 bridgehead atoms. The average Bonchev–Trinajstić information content (AvgIpc) is 2.53. The summed E-state index contributed by atoms with van der Waals surface area (Å²) in [5, 5.41) is 11.6. The summed E-state index contributed by atoms with van der Waals surface area (Å²) < 4.78 is 0. The predicted octanol–water partition coefficient (Wildman–Crippen LogP) is 0.395. The Morgan fingerprint density at radius 2 is 1.68 bits per heavy atom. The van der Waals surface area contributed by atoms with Crippen LogP contribution in [0.5, 0.6) is 0 Å². The number of carbonyl (C=O) groups excluding carboxylic acids is 1. The second-order valence-corrected chi connectivity index (χ2v) is 5.52. The third-order valence-electron chi connectivity index (χ3n) is 3.81. The lowest BCUT2D eigenvalue weighted by atomic mass is 10.2. The summed E-state index contributed by atoms with van der Waals surface area (Å²) in [5.41, 5.74) is 1.09. The Balaban J connectivity index is 1.63. The van der Waals surface area contributed by atoms with Gasteiger partial charge in [-0.05, 0) is 5.56 Å². The fourth-order valence-electron chi connectivity index (χ4n) is 2.48. The Bertz CT molecular complexity index is 485. The highest BCUT2D eigenvalue weighted by molar-refractivity contribution is 5.78. The molecule has 1 aromatic carbocycles. The minimum absolute atomic E-state index is 0.0304. The van der Waals surface area contributed by atoms with Gasteiger partial charge in [-0.1, -0.05) is 30.3 Å². The quantitative estimate of drug-likeness (QED) is 0.763. The van der Waals surface area contributed by atoms with Crippen LogP contribution in [0.3, 0.4) is 0 Å². The zero-order valence-corrected chi connectivity index (χ0v) is 12.7. The Kier molecular flexibility index (Phi) is 6.36. The van der Waals surface area contributed by atoms with Gasteiger partial charge in [-0.25, -0.2) is 0 Å². The van der Waals surface area contributed by atoms with E-state index in [0.29, 0.717) is 19.6 Å². The van der Waals surface area contributed by atoms with Crippen molar-refractivity contribution in [2.24, 2.45) is 0 Å². The Morgan fingerprint density at radius 1 is 1.05 bits per heavy atom. The molecular weight excluding hydrogens is 282 g/mol. The summed E-state index contributed by atoms with van der Waals surface area (Å²) in [4.78, 5) is 26.7. The molecule has 1 saturated heterocycles. The highest BCUT2D eigenvalue weighted by atomic mass is 16.4. The smallest absolute Gasteiger partial charge is 0.304 e. The number of carboxylic acid groups (broad SMARTS) is 1. The van der Waals surface area contributed by atoms with E-state index in [9.17, 15) is 9.59 Å².